The SMILES string of the molecule is CC(C)/C(=C/C(=O)Nc1ccc(CC(=O)N2CC=C(c3cc(-c4cnc(N)nc4)nc(N4CCOCC4)c3)CC2)cc1)C(F)(F)F. The van der Waals surface area contributed by atoms with Gasteiger partial charge in [-0.05, 0) is 53.3 Å². The van der Waals surface area contributed by atoms with Gasteiger partial charge < -0.3 is 25.6 Å². The second kappa shape index (κ2) is 14.1. The van der Waals surface area contributed by atoms with Crippen LogP contribution in [-0.4, -0.2) is 77.2 Å². The van der Waals surface area contributed by atoms with E-state index in [0.717, 1.165) is 46.9 Å². The highest BCUT2D eigenvalue weighted by atomic mass is 19.4. The van der Waals surface area contributed by atoms with Crippen LogP contribution in [0.1, 0.15) is 31.4 Å². The minimum absolute atomic E-state index is 0.0507. The number of rotatable bonds is 8. The van der Waals surface area contributed by atoms with Crippen LogP contribution < -0.4 is 16.0 Å². The number of allylic oxidation sites excluding steroid dienone is 1. The number of morpholine rings is 1. The third-order valence-electron chi connectivity index (χ3n) is 7.86. The van der Waals surface area contributed by atoms with Crippen LogP contribution in [0.5, 0.6) is 0 Å². The van der Waals surface area contributed by atoms with Crippen LogP contribution in [0.25, 0.3) is 16.8 Å². The van der Waals surface area contributed by atoms with Crippen molar-refractivity contribution in [2.24, 2.45) is 5.92 Å². The van der Waals surface area contributed by atoms with E-state index < -0.39 is 23.6 Å². The van der Waals surface area contributed by atoms with Gasteiger partial charge in [0.25, 0.3) is 0 Å². The molecule has 10 nitrogen and oxygen atoms in total. The quantitative estimate of drug-likeness (QED) is 0.335. The lowest BCUT2D eigenvalue weighted by Crippen LogP contribution is -2.37. The van der Waals surface area contributed by atoms with Gasteiger partial charge in [0.15, 0.2) is 0 Å². The van der Waals surface area contributed by atoms with Gasteiger partial charge in [-0.3, -0.25) is 9.59 Å². The molecule has 242 valence electrons. The molecule has 0 saturated carbocycles. The lowest BCUT2D eigenvalue weighted by Gasteiger charge is -2.30. The van der Waals surface area contributed by atoms with Gasteiger partial charge >= 0.3 is 6.18 Å². The normalized spacial score (nSPS) is 16.0. The van der Waals surface area contributed by atoms with Gasteiger partial charge in [-0.2, -0.15) is 13.2 Å². The zero-order valence-corrected chi connectivity index (χ0v) is 25.7. The first-order chi connectivity index (χ1) is 22.0. The number of nitrogen functional groups attached to an aromatic ring is 1. The van der Waals surface area contributed by atoms with Crippen LogP contribution in [0.4, 0.5) is 30.6 Å². The lowest BCUT2D eigenvalue weighted by molar-refractivity contribution is -0.130. The summed E-state index contributed by atoms with van der Waals surface area (Å²) >= 11 is 0. The number of aromatic nitrogens is 3. The maximum absolute atomic E-state index is 13.2. The molecule has 2 amide bonds. The summed E-state index contributed by atoms with van der Waals surface area (Å²) < 4.78 is 45.1. The first-order valence-electron chi connectivity index (χ1n) is 15.0. The summed E-state index contributed by atoms with van der Waals surface area (Å²) in [6.45, 7) is 6.47. The highest BCUT2D eigenvalue weighted by Crippen LogP contribution is 2.32. The van der Waals surface area contributed by atoms with Crippen LogP contribution in [0.2, 0.25) is 0 Å². The van der Waals surface area contributed by atoms with Crippen LogP contribution in [0.3, 0.4) is 0 Å². The van der Waals surface area contributed by atoms with Crippen LogP contribution >= 0.6 is 0 Å². The van der Waals surface area contributed by atoms with Crippen molar-refractivity contribution in [3.8, 4) is 11.3 Å². The number of anilines is 3. The Morgan fingerprint density at radius 1 is 1.04 bits per heavy atom. The Morgan fingerprint density at radius 2 is 1.74 bits per heavy atom. The third-order valence-corrected chi connectivity index (χ3v) is 7.86. The van der Waals surface area contributed by atoms with Crippen molar-refractivity contribution < 1.29 is 27.5 Å². The van der Waals surface area contributed by atoms with Crippen molar-refractivity contribution in [2.45, 2.75) is 32.9 Å². The van der Waals surface area contributed by atoms with E-state index in [1.54, 1.807) is 41.6 Å². The van der Waals surface area contributed by atoms with Crippen LogP contribution in [0, 0.1) is 5.92 Å². The molecule has 2 aliphatic rings. The highest BCUT2D eigenvalue weighted by molar-refractivity contribution is 6.00. The molecule has 3 aromatic rings. The van der Waals surface area contributed by atoms with Crippen molar-refractivity contribution in [1.82, 2.24) is 19.9 Å². The first-order valence-corrected chi connectivity index (χ1v) is 15.0. The molecule has 0 spiro atoms. The molecule has 4 heterocycles. The largest absolute Gasteiger partial charge is 0.413 e. The summed E-state index contributed by atoms with van der Waals surface area (Å²) in [5.74, 6) is -0.734. The molecular weight excluding hydrogens is 599 g/mol. The fourth-order valence-electron chi connectivity index (χ4n) is 5.32. The number of nitrogens with one attached hydrogen (secondary N) is 1. The van der Waals surface area contributed by atoms with Gasteiger partial charge in [-0.1, -0.05) is 32.1 Å². The fraction of sp³-hybridized carbons (Fsp3) is 0.364. The molecule has 13 heteroatoms. The maximum Gasteiger partial charge on any atom is 0.413 e. The number of ether oxygens (including phenoxy) is 1. The van der Waals surface area contributed by atoms with Crippen molar-refractivity contribution in [3.63, 3.8) is 0 Å². The minimum atomic E-state index is -4.58. The van der Waals surface area contributed by atoms with Gasteiger partial charge in [0, 0.05) is 61.5 Å². The number of amides is 2. The molecule has 2 aromatic heterocycles. The molecule has 0 atom stereocenters. The van der Waals surface area contributed by atoms with E-state index in [0.29, 0.717) is 44.5 Å². The Hall–Kier alpha value is -4.78. The van der Waals surface area contributed by atoms with E-state index in [-0.39, 0.29) is 18.3 Å². The number of alkyl halides is 3. The molecule has 5 rings (SSSR count). The molecule has 0 unspecified atom stereocenters. The smallest absolute Gasteiger partial charge is 0.378 e. The molecule has 0 aliphatic carbocycles. The summed E-state index contributed by atoms with van der Waals surface area (Å²) in [6.07, 6.45) is 2.18. The Balaban J connectivity index is 1.24. The molecule has 0 radical (unpaired) electrons. The standard InChI is InChI=1S/C33H36F3N7O3/c1-21(2)27(33(34,35)36)18-30(44)40-26-5-3-22(4-6-26)15-31(45)43-9-7-23(8-10-43)24-16-28(25-19-38-32(37)39-20-25)41-29(17-24)42-11-13-46-14-12-42/h3-7,16-21H,8-15H2,1-2H3,(H,40,44)(H2,37,38,39)/b27-18-. The Labute approximate surface area is 265 Å². The number of benzene rings is 1. The van der Waals surface area contributed by atoms with E-state index in [2.05, 4.69) is 32.3 Å². The number of carbonyl (C=O) groups is 2. The van der Waals surface area contributed by atoms with Gasteiger partial charge in [0.1, 0.15) is 5.82 Å². The second-order valence-electron chi connectivity index (χ2n) is 11.5. The molecule has 0 bridgehead atoms. The van der Waals surface area contributed by atoms with Crippen LogP contribution in [0.15, 0.2) is 66.5 Å². The predicted octanol–water partition coefficient (Wildman–Crippen LogP) is 4.90. The zero-order valence-electron chi connectivity index (χ0n) is 25.7. The molecule has 2 aliphatic heterocycles. The number of hydrogen-bond acceptors (Lipinski definition) is 8. The number of nitrogens with two attached hydrogens (primary N) is 1. The Morgan fingerprint density at radius 3 is 2.35 bits per heavy atom. The summed E-state index contributed by atoms with van der Waals surface area (Å²) in [7, 11) is 0. The molecule has 1 fully saturated rings. The summed E-state index contributed by atoms with van der Waals surface area (Å²) in [4.78, 5) is 42.4. The molecule has 1 aromatic carbocycles. The molecule has 3 N–H and O–H groups in total. The maximum atomic E-state index is 13.2. The molecule has 1 saturated heterocycles. The number of nitrogens with zero attached hydrogens (tertiary/aromatic N) is 5. The van der Waals surface area contributed by atoms with Gasteiger partial charge in [0.05, 0.1) is 25.3 Å². The number of pyridine rings is 1. The van der Waals surface area contributed by atoms with Gasteiger partial charge in [0.2, 0.25) is 17.8 Å². The van der Waals surface area contributed by atoms with Gasteiger partial charge in [-0.15, -0.1) is 0 Å². The summed E-state index contributed by atoms with van der Waals surface area (Å²) in [5, 5.41) is 2.46. The van der Waals surface area contributed by atoms with Crippen molar-refractivity contribution in [1.29, 1.82) is 0 Å². The second-order valence-corrected chi connectivity index (χ2v) is 11.5. The summed E-state index contributed by atoms with van der Waals surface area (Å²) in [6, 6.07) is 10.6. The Kier molecular flexibility index (Phi) is 10.0. The van der Waals surface area contributed by atoms with Gasteiger partial charge in [-0.25, -0.2) is 15.0 Å². The topological polar surface area (TPSA) is 127 Å². The van der Waals surface area contributed by atoms with Crippen molar-refractivity contribution >= 4 is 34.8 Å². The van der Waals surface area contributed by atoms with E-state index in [4.69, 9.17) is 15.5 Å². The van der Waals surface area contributed by atoms with E-state index in [1.807, 2.05) is 6.07 Å². The van der Waals surface area contributed by atoms with Crippen molar-refractivity contribution in [2.75, 3.05) is 55.3 Å². The predicted molar refractivity (Wildman–Crippen MR) is 170 cm³/mol. The van der Waals surface area contributed by atoms with E-state index >= 15 is 0 Å². The highest BCUT2D eigenvalue weighted by Gasteiger charge is 2.36. The van der Waals surface area contributed by atoms with E-state index in [1.165, 1.54) is 13.8 Å². The number of carbonyl (C=O) groups excluding carboxylic acids is 2. The first kappa shape index (κ1) is 32.6. The molecule has 46 heavy (non-hydrogen) atoms. The fourth-order valence-corrected chi connectivity index (χ4v) is 5.32. The van der Waals surface area contributed by atoms with Crippen LogP contribution in [-0.2, 0) is 20.7 Å². The average molecular weight is 636 g/mol. The lowest BCUT2D eigenvalue weighted by atomic mass is 9.98. The van der Waals surface area contributed by atoms with Crippen molar-refractivity contribution in [3.05, 3.63) is 77.6 Å². The number of halogens is 3. The molecular formula is C33H36F3N7O3. The Bertz CT molecular complexity index is 1610. The summed E-state index contributed by atoms with van der Waals surface area (Å²) in [5.41, 5.74) is 9.46. The third kappa shape index (κ3) is 8.27. The number of hydrogen-bond donors (Lipinski definition) is 2. The van der Waals surface area contributed by atoms with E-state index in [9.17, 15) is 22.8 Å². The minimum Gasteiger partial charge on any atom is -0.378 e. The monoisotopic (exact) mass is 635 g/mol. The zero-order chi connectivity index (χ0) is 32.8. The average Bonchev–Trinajstić information content (AvgIpc) is 3.04.